The second kappa shape index (κ2) is 15.5. The summed E-state index contributed by atoms with van der Waals surface area (Å²) in [5.74, 6) is 0. The average Bonchev–Trinajstić information content (AvgIpc) is 2.21. The summed E-state index contributed by atoms with van der Waals surface area (Å²) >= 11 is 17.6. The number of hydrogen-bond acceptors (Lipinski definition) is 2. The minimum atomic E-state index is 0. The van der Waals surface area contributed by atoms with E-state index in [0.29, 0.717) is 8.64 Å². The molecule has 0 N–H and O–H groups in total. The molecule has 0 bridgehead atoms. The Morgan fingerprint density at radius 2 is 0.941 bits per heavy atom. The first-order valence-corrected chi connectivity index (χ1v) is 7.11. The molecule has 0 amide bonds. The molecule has 0 aliphatic carbocycles. The molecule has 0 heterocycles. The summed E-state index contributed by atoms with van der Waals surface area (Å²) in [6.07, 6.45) is 0. The van der Waals surface area contributed by atoms with Crippen molar-refractivity contribution < 1.29 is 19.5 Å². The molecule has 0 rings (SSSR count). The van der Waals surface area contributed by atoms with E-state index in [1.807, 2.05) is 9.80 Å². The van der Waals surface area contributed by atoms with Crippen LogP contribution in [0.2, 0.25) is 0 Å². The molecule has 0 spiro atoms. The van der Waals surface area contributed by atoms with Crippen LogP contribution in [0.5, 0.6) is 0 Å². The van der Waals surface area contributed by atoms with Crippen molar-refractivity contribution >= 4 is 58.3 Å². The van der Waals surface area contributed by atoms with Crippen LogP contribution in [-0.2, 0) is 69.2 Å². The van der Waals surface area contributed by atoms with Crippen molar-refractivity contribution in [3.05, 3.63) is 0 Å². The topological polar surface area (TPSA) is 6.48 Å². The predicted octanol–water partition coefficient (Wildman–Crippen LogP) is 0.481. The Bertz CT molecular complexity index is 184. The van der Waals surface area contributed by atoms with Gasteiger partial charge in [0.15, 0.2) is 0 Å². The quantitative estimate of drug-likeness (QED) is 0.235. The SMILES string of the molecule is CCN(CC)C([S-])=[SH+].CCN(CC)C([S-])=[SH+].[Zn+2]. The molecule has 0 aromatic carbocycles. The van der Waals surface area contributed by atoms with Crippen molar-refractivity contribution in [3.63, 3.8) is 0 Å². The van der Waals surface area contributed by atoms with Crippen LogP contribution in [-0.4, -0.2) is 44.6 Å². The zero-order valence-electron chi connectivity index (χ0n) is 11.1. The minimum Gasteiger partial charge on any atom is -0.680 e. The maximum atomic E-state index is 4.81. The monoisotopic (exact) mass is 362 g/mol. The Morgan fingerprint density at radius 1 is 0.765 bits per heavy atom. The molecule has 0 saturated carbocycles. The first-order chi connectivity index (χ1) is 7.44. The third-order valence-electron chi connectivity index (χ3n) is 2.07. The summed E-state index contributed by atoms with van der Waals surface area (Å²) in [6, 6.07) is 0. The summed E-state index contributed by atoms with van der Waals surface area (Å²) in [5, 5.41) is 0. The van der Waals surface area contributed by atoms with Gasteiger partial charge in [-0.1, -0.05) is 27.7 Å². The van der Waals surface area contributed by atoms with Gasteiger partial charge in [-0.3, -0.25) is 9.80 Å². The van der Waals surface area contributed by atoms with Crippen LogP contribution in [0.25, 0.3) is 0 Å². The predicted molar refractivity (Wildman–Crippen MR) is 88.1 cm³/mol. The minimum absolute atomic E-state index is 0. The van der Waals surface area contributed by atoms with Crippen molar-refractivity contribution in [1.82, 2.24) is 9.80 Å². The molecule has 0 aliphatic heterocycles. The van der Waals surface area contributed by atoms with Gasteiger partial charge in [-0.25, -0.2) is 0 Å². The van der Waals surface area contributed by atoms with Crippen molar-refractivity contribution in [2.75, 3.05) is 26.2 Å². The zero-order valence-corrected chi connectivity index (χ0v) is 17.5. The number of rotatable bonds is 4. The fourth-order valence-corrected chi connectivity index (χ4v) is 2.07. The number of hydrogen-bond donors (Lipinski definition) is 0. The molecule has 2 nitrogen and oxygen atoms in total. The molecular formula is C10H22N2S4Zn+2. The van der Waals surface area contributed by atoms with Gasteiger partial charge in [0.05, 0.1) is 0 Å². The molecule has 0 unspecified atom stereocenters. The molecule has 0 atom stereocenters. The molecule has 0 aromatic heterocycles. The number of thiol groups is 2. The van der Waals surface area contributed by atoms with Crippen molar-refractivity contribution in [2.45, 2.75) is 27.7 Å². The first kappa shape index (κ1) is 23.5. The van der Waals surface area contributed by atoms with Crippen LogP contribution in [0.4, 0.5) is 0 Å². The van der Waals surface area contributed by atoms with Gasteiger partial charge in [-0.2, -0.15) is 0 Å². The molecule has 17 heavy (non-hydrogen) atoms. The van der Waals surface area contributed by atoms with Gasteiger partial charge in [-0.05, 0) is 0 Å². The van der Waals surface area contributed by atoms with E-state index < -0.39 is 0 Å². The van der Waals surface area contributed by atoms with E-state index in [2.05, 4.69) is 52.1 Å². The standard InChI is InChI=1S/2C5H11NS2.Zn/c2*1-3-6(4-2)5(7)8;/h2*3-4H2,1-2H3,(H,7,8);/q;;+2. The fraction of sp³-hybridized carbons (Fsp3) is 0.800. The van der Waals surface area contributed by atoms with E-state index in [9.17, 15) is 0 Å². The van der Waals surface area contributed by atoms with Gasteiger partial charge in [0.1, 0.15) is 33.1 Å². The molecule has 0 saturated heterocycles. The second-order valence-corrected chi connectivity index (χ2v) is 5.14. The molecule has 0 aromatic rings. The van der Waals surface area contributed by atoms with E-state index in [1.54, 1.807) is 0 Å². The fourth-order valence-electron chi connectivity index (χ4n) is 0.988. The van der Waals surface area contributed by atoms with Gasteiger partial charge in [0.25, 0.3) is 0 Å². The summed E-state index contributed by atoms with van der Waals surface area (Å²) in [5.41, 5.74) is 0. The normalized spacial score (nSPS) is 9.41. The smallest absolute Gasteiger partial charge is 0.680 e. The van der Waals surface area contributed by atoms with E-state index in [4.69, 9.17) is 25.3 Å². The van der Waals surface area contributed by atoms with Gasteiger partial charge in [-0.15, -0.1) is 0 Å². The van der Waals surface area contributed by atoms with Gasteiger partial charge < -0.3 is 25.3 Å². The summed E-state index contributed by atoms with van der Waals surface area (Å²) in [7, 11) is 0. The molecule has 96 valence electrons. The van der Waals surface area contributed by atoms with Crippen molar-refractivity contribution in [2.24, 2.45) is 0 Å². The first-order valence-electron chi connectivity index (χ1n) is 5.40. The average molecular weight is 364 g/mol. The van der Waals surface area contributed by atoms with Gasteiger partial charge in [0, 0.05) is 26.2 Å². The Labute approximate surface area is 140 Å². The van der Waals surface area contributed by atoms with Crippen LogP contribution in [0, 0.1) is 0 Å². The van der Waals surface area contributed by atoms with E-state index in [0.717, 1.165) is 26.2 Å². The van der Waals surface area contributed by atoms with Crippen LogP contribution in [0.15, 0.2) is 0 Å². The summed E-state index contributed by atoms with van der Waals surface area (Å²) in [6.45, 7) is 12.1. The van der Waals surface area contributed by atoms with Crippen molar-refractivity contribution in [3.8, 4) is 0 Å². The maximum absolute atomic E-state index is 4.81. The molecule has 7 heteroatoms. The molecule has 0 radical (unpaired) electrons. The summed E-state index contributed by atoms with van der Waals surface area (Å²) in [4.78, 5) is 4.02. The maximum Gasteiger partial charge on any atom is 2.00 e. The van der Waals surface area contributed by atoms with Gasteiger partial charge in [0.2, 0.25) is 0 Å². The Hall–Kier alpha value is 1.42. The molecular weight excluding hydrogens is 342 g/mol. The Morgan fingerprint density at radius 3 is 0.941 bits per heavy atom. The molecule has 0 aliphatic rings. The van der Waals surface area contributed by atoms with Crippen molar-refractivity contribution in [1.29, 1.82) is 0 Å². The molecule has 0 fully saturated rings. The van der Waals surface area contributed by atoms with Crippen LogP contribution < -0.4 is 0 Å². The van der Waals surface area contributed by atoms with Crippen LogP contribution in [0.3, 0.4) is 0 Å². The largest absolute Gasteiger partial charge is 2.00 e. The number of nitrogens with zero attached hydrogens (tertiary/aromatic N) is 2. The van der Waals surface area contributed by atoms with Crippen LogP contribution in [0.1, 0.15) is 27.7 Å². The van der Waals surface area contributed by atoms with Crippen LogP contribution >= 0.6 is 0 Å². The third-order valence-corrected chi connectivity index (χ3v) is 3.15. The zero-order chi connectivity index (χ0) is 13.1. The second-order valence-electron chi connectivity index (χ2n) is 2.91. The van der Waals surface area contributed by atoms with Gasteiger partial charge >= 0.3 is 19.5 Å². The van der Waals surface area contributed by atoms with E-state index >= 15 is 0 Å². The Kier molecular flexibility index (Phi) is 21.4. The third kappa shape index (κ3) is 13.7. The summed E-state index contributed by atoms with van der Waals surface area (Å²) < 4.78 is 1.38. The van der Waals surface area contributed by atoms with E-state index in [1.165, 1.54) is 0 Å². The van der Waals surface area contributed by atoms with E-state index in [-0.39, 0.29) is 19.5 Å². The Balaban J connectivity index is -0.000000218.